The number of hydrogen-bond donors (Lipinski definition) is 1. The van der Waals surface area contributed by atoms with Gasteiger partial charge in [0.15, 0.2) is 5.65 Å². The molecule has 1 aliphatic heterocycles. The number of pyridine rings is 1. The first-order valence-electron chi connectivity index (χ1n) is 7.65. The number of aryl methyl sites for hydroxylation is 2. The van der Waals surface area contributed by atoms with Crippen LogP contribution < -0.4 is 5.32 Å². The fourth-order valence-corrected chi connectivity index (χ4v) is 3.88. The van der Waals surface area contributed by atoms with Gasteiger partial charge in [0.1, 0.15) is 0 Å². The fourth-order valence-electron chi connectivity index (χ4n) is 3.30. The predicted octanol–water partition coefficient (Wildman–Crippen LogP) is 4.74. The maximum Gasteiger partial charge on any atom is 0.161 e. The van der Waals surface area contributed by atoms with Gasteiger partial charge in [-0.1, -0.05) is 15.9 Å². The van der Waals surface area contributed by atoms with Gasteiger partial charge in [-0.3, -0.25) is 4.40 Å². The molecule has 0 atom stereocenters. The van der Waals surface area contributed by atoms with Crippen LogP contribution in [-0.2, 0) is 6.42 Å². The van der Waals surface area contributed by atoms with Crippen LogP contribution in [0.25, 0.3) is 16.9 Å². The van der Waals surface area contributed by atoms with E-state index in [2.05, 4.69) is 68.9 Å². The average molecular weight is 356 g/mol. The SMILES string of the molecule is Cc1cc(Br)cc(-c2cc3c(c4nccn24)NCCC3)c1C. The number of imidazole rings is 1. The van der Waals surface area contributed by atoms with Gasteiger partial charge in [-0.15, -0.1) is 0 Å². The summed E-state index contributed by atoms with van der Waals surface area (Å²) in [4.78, 5) is 4.58. The Labute approximate surface area is 138 Å². The first-order valence-corrected chi connectivity index (χ1v) is 8.44. The van der Waals surface area contributed by atoms with Crippen LogP contribution in [0.1, 0.15) is 23.1 Å². The molecule has 3 nitrogen and oxygen atoms in total. The minimum Gasteiger partial charge on any atom is -0.382 e. The van der Waals surface area contributed by atoms with Crippen molar-refractivity contribution >= 4 is 27.3 Å². The molecular weight excluding hydrogens is 338 g/mol. The van der Waals surface area contributed by atoms with Crippen molar-refractivity contribution in [3.63, 3.8) is 0 Å². The number of halogens is 1. The Kier molecular flexibility index (Phi) is 3.22. The largest absolute Gasteiger partial charge is 0.382 e. The molecule has 1 N–H and O–H groups in total. The van der Waals surface area contributed by atoms with Crippen LogP contribution in [-0.4, -0.2) is 15.9 Å². The quantitative estimate of drug-likeness (QED) is 0.683. The van der Waals surface area contributed by atoms with Crippen molar-refractivity contribution in [2.24, 2.45) is 0 Å². The summed E-state index contributed by atoms with van der Waals surface area (Å²) in [5.41, 5.74) is 8.71. The molecule has 4 rings (SSSR count). The molecule has 0 aliphatic carbocycles. The van der Waals surface area contributed by atoms with E-state index < -0.39 is 0 Å². The van der Waals surface area contributed by atoms with Crippen molar-refractivity contribution < 1.29 is 0 Å². The van der Waals surface area contributed by atoms with Gasteiger partial charge in [0.2, 0.25) is 0 Å². The summed E-state index contributed by atoms with van der Waals surface area (Å²) in [5, 5.41) is 3.52. The van der Waals surface area contributed by atoms with E-state index in [1.807, 2.05) is 6.20 Å². The van der Waals surface area contributed by atoms with E-state index in [4.69, 9.17) is 0 Å². The normalized spacial score (nSPS) is 14.0. The van der Waals surface area contributed by atoms with Gasteiger partial charge in [0, 0.05) is 29.0 Å². The second-order valence-corrected chi connectivity index (χ2v) is 6.89. The van der Waals surface area contributed by atoms with Crippen molar-refractivity contribution in [3.05, 3.63) is 51.8 Å². The zero-order valence-corrected chi connectivity index (χ0v) is 14.4. The molecule has 112 valence electrons. The highest BCUT2D eigenvalue weighted by atomic mass is 79.9. The summed E-state index contributed by atoms with van der Waals surface area (Å²) in [7, 11) is 0. The van der Waals surface area contributed by atoms with Crippen LogP contribution in [0.15, 0.2) is 35.1 Å². The molecule has 2 aromatic heterocycles. The van der Waals surface area contributed by atoms with E-state index in [1.165, 1.54) is 40.1 Å². The number of nitrogens with zero attached hydrogens (tertiary/aromatic N) is 2. The summed E-state index contributed by atoms with van der Waals surface area (Å²) in [6, 6.07) is 6.70. The van der Waals surface area contributed by atoms with Crippen LogP contribution in [0.3, 0.4) is 0 Å². The lowest BCUT2D eigenvalue weighted by molar-refractivity contribution is 0.828. The van der Waals surface area contributed by atoms with E-state index in [0.717, 1.165) is 23.1 Å². The third-order valence-electron chi connectivity index (χ3n) is 4.59. The average Bonchev–Trinajstić information content (AvgIpc) is 3.00. The molecule has 0 radical (unpaired) electrons. The van der Waals surface area contributed by atoms with E-state index in [9.17, 15) is 0 Å². The molecule has 1 aliphatic rings. The van der Waals surface area contributed by atoms with Crippen molar-refractivity contribution in [1.29, 1.82) is 0 Å². The monoisotopic (exact) mass is 355 g/mol. The Bertz CT molecular complexity index is 880. The molecule has 4 heteroatoms. The summed E-state index contributed by atoms with van der Waals surface area (Å²) >= 11 is 3.64. The molecule has 3 aromatic rings. The van der Waals surface area contributed by atoms with Crippen molar-refractivity contribution in [2.45, 2.75) is 26.7 Å². The lowest BCUT2D eigenvalue weighted by atomic mass is 9.97. The Morgan fingerprint density at radius 3 is 2.95 bits per heavy atom. The van der Waals surface area contributed by atoms with E-state index in [-0.39, 0.29) is 0 Å². The van der Waals surface area contributed by atoms with E-state index >= 15 is 0 Å². The molecule has 0 unspecified atom stereocenters. The van der Waals surface area contributed by atoms with Gasteiger partial charge < -0.3 is 5.32 Å². The fraction of sp³-hybridized carbons (Fsp3) is 0.278. The second kappa shape index (κ2) is 5.13. The van der Waals surface area contributed by atoms with Gasteiger partial charge in [0.05, 0.1) is 11.4 Å². The van der Waals surface area contributed by atoms with Crippen LogP contribution in [0.4, 0.5) is 5.69 Å². The van der Waals surface area contributed by atoms with Gasteiger partial charge in [0.25, 0.3) is 0 Å². The minimum atomic E-state index is 1.03. The van der Waals surface area contributed by atoms with Gasteiger partial charge in [-0.25, -0.2) is 4.98 Å². The maximum absolute atomic E-state index is 4.58. The topological polar surface area (TPSA) is 29.3 Å². The third kappa shape index (κ3) is 2.05. The molecule has 3 heterocycles. The summed E-state index contributed by atoms with van der Waals surface area (Å²) in [6.45, 7) is 5.39. The molecule has 0 saturated heterocycles. The molecule has 0 fully saturated rings. The number of anilines is 1. The van der Waals surface area contributed by atoms with E-state index in [1.54, 1.807) is 0 Å². The Balaban J connectivity index is 2.06. The lowest BCUT2D eigenvalue weighted by Gasteiger charge is -2.21. The molecule has 0 spiro atoms. The Morgan fingerprint density at radius 1 is 1.23 bits per heavy atom. The number of aromatic nitrogens is 2. The zero-order chi connectivity index (χ0) is 15.3. The maximum atomic E-state index is 4.58. The van der Waals surface area contributed by atoms with Crippen LogP contribution >= 0.6 is 15.9 Å². The van der Waals surface area contributed by atoms with Gasteiger partial charge in [-0.2, -0.15) is 0 Å². The Hall–Kier alpha value is -1.81. The zero-order valence-electron chi connectivity index (χ0n) is 12.8. The van der Waals surface area contributed by atoms with Crippen LogP contribution in [0.5, 0.6) is 0 Å². The first kappa shape index (κ1) is 13.8. The van der Waals surface area contributed by atoms with Crippen molar-refractivity contribution in [1.82, 2.24) is 9.38 Å². The smallest absolute Gasteiger partial charge is 0.161 e. The summed E-state index contributed by atoms with van der Waals surface area (Å²) < 4.78 is 3.32. The number of benzene rings is 1. The van der Waals surface area contributed by atoms with Gasteiger partial charge in [-0.05, 0) is 61.6 Å². The standard InChI is InChI=1S/C18H18BrN3/c1-11-8-14(19)10-15(12(11)2)16-9-13-4-3-5-20-17(13)18-21-6-7-22(16)18/h6-10,20H,3-5H2,1-2H3. The predicted molar refractivity (Wildman–Crippen MR) is 94.6 cm³/mol. The van der Waals surface area contributed by atoms with Crippen LogP contribution in [0.2, 0.25) is 0 Å². The second-order valence-electron chi connectivity index (χ2n) is 5.98. The molecule has 1 aromatic carbocycles. The highest BCUT2D eigenvalue weighted by Crippen LogP contribution is 2.35. The van der Waals surface area contributed by atoms with Gasteiger partial charge >= 0.3 is 0 Å². The highest BCUT2D eigenvalue weighted by molar-refractivity contribution is 9.10. The molecule has 0 bridgehead atoms. The van der Waals surface area contributed by atoms with Crippen LogP contribution in [0, 0.1) is 13.8 Å². The molecular formula is C18H18BrN3. The third-order valence-corrected chi connectivity index (χ3v) is 5.05. The number of fused-ring (bicyclic) bond motifs is 3. The van der Waals surface area contributed by atoms with E-state index in [0.29, 0.717) is 0 Å². The first-order chi connectivity index (χ1) is 10.6. The highest BCUT2D eigenvalue weighted by Gasteiger charge is 2.18. The number of nitrogens with one attached hydrogen (secondary N) is 1. The minimum absolute atomic E-state index is 1.03. The number of rotatable bonds is 1. The summed E-state index contributed by atoms with van der Waals surface area (Å²) in [5.74, 6) is 0. The lowest BCUT2D eigenvalue weighted by Crippen LogP contribution is -2.14. The van der Waals surface area contributed by atoms with Crippen molar-refractivity contribution in [3.8, 4) is 11.3 Å². The number of hydrogen-bond acceptors (Lipinski definition) is 2. The summed E-state index contributed by atoms with van der Waals surface area (Å²) in [6.07, 6.45) is 6.23. The molecule has 22 heavy (non-hydrogen) atoms. The molecule has 0 saturated carbocycles. The Morgan fingerprint density at radius 2 is 2.09 bits per heavy atom. The molecule has 0 amide bonds. The van der Waals surface area contributed by atoms with Crippen molar-refractivity contribution in [2.75, 3.05) is 11.9 Å².